The van der Waals surface area contributed by atoms with E-state index in [-0.39, 0.29) is 17.7 Å². The van der Waals surface area contributed by atoms with E-state index in [1.54, 1.807) is 0 Å². The molecule has 58 valence electrons. The lowest BCUT2D eigenvalue weighted by Crippen LogP contribution is -1.90. The molecule has 0 saturated heterocycles. The second kappa shape index (κ2) is 3.14. The number of halogens is 1. The fraction of sp³-hybridized carbons (Fsp3) is 0.125. The van der Waals surface area contributed by atoms with E-state index in [0.29, 0.717) is 6.29 Å². The van der Waals surface area contributed by atoms with Crippen molar-refractivity contribution in [3.63, 3.8) is 0 Å². The largest absolute Gasteiger partial charge is 0.508 e. The Hall–Kier alpha value is -1.38. The predicted octanol–water partition coefficient (Wildman–Crippen LogP) is 1.27. The van der Waals surface area contributed by atoms with Crippen molar-refractivity contribution in [1.82, 2.24) is 0 Å². The average molecular weight is 154 g/mol. The van der Waals surface area contributed by atoms with Gasteiger partial charge in [-0.3, -0.25) is 0 Å². The molecular formula is C8H7FO2. The summed E-state index contributed by atoms with van der Waals surface area (Å²) in [6.45, 7) is 0. The van der Waals surface area contributed by atoms with Gasteiger partial charge in [-0.2, -0.15) is 0 Å². The highest BCUT2D eigenvalue weighted by Gasteiger charge is 2.01. The van der Waals surface area contributed by atoms with E-state index in [9.17, 15) is 9.18 Å². The number of hydrogen-bond acceptors (Lipinski definition) is 2. The first kappa shape index (κ1) is 7.72. The first-order valence-electron chi connectivity index (χ1n) is 3.15. The van der Waals surface area contributed by atoms with Crippen molar-refractivity contribution >= 4 is 6.29 Å². The van der Waals surface area contributed by atoms with Gasteiger partial charge in [-0.15, -0.1) is 0 Å². The third kappa shape index (κ3) is 1.77. The summed E-state index contributed by atoms with van der Waals surface area (Å²) < 4.78 is 12.7. The summed E-state index contributed by atoms with van der Waals surface area (Å²) in [4.78, 5) is 9.99. The van der Waals surface area contributed by atoms with Gasteiger partial charge in [-0.25, -0.2) is 4.39 Å². The molecule has 0 fully saturated rings. The Morgan fingerprint density at radius 3 is 2.91 bits per heavy atom. The van der Waals surface area contributed by atoms with Gasteiger partial charge in [0.05, 0.1) is 0 Å². The van der Waals surface area contributed by atoms with Gasteiger partial charge in [0.15, 0.2) is 0 Å². The van der Waals surface area contributed by atoms with Crippen molar-refractivity contribution < 1.29 is 14.3 Å². The second-order valence-electron chi connectivity index (χ2n) is 2.15. The van der Waals surface area contributed by atoms with E-state index in [0.717, 1.165) is 6.07 Å². The van der Waals surface area contributed by atoms with Crippen LogP contribution in [0.25, 0.3) is 0 Å². The molecule has 1 aromatic rings. The van der Waals surface area contributed by atoms with E-state index in [2.05, 4.69) is 0 Å². The molecule has 1 aromatic carbocycles. The lowest BCUT2D eigenvalue weighted by molar-refractivity contribution is -0.107. The Labute approximate surface area is 63.3 Å². The molecule has 0 heterocycles. The van der Waals surface area contributed by atoms with Crippen molar-refractivity contribution in [2.45, 2.75) is 6.42 Å². The number of hydrogen-bond donors (Lipinski definition) is 1. The van der Waals surface area contributed by atoms with Crippen LogP contribution >= 0.6 is 0 Å². The number of phenols is 1. The zero-order valence-corrected chi connectivity index (χ0v) is 5.75. The molecule has 0 atom stereocenters. The molecule has 3 heteroatoms. The molecule has 0 aliphatic carbocycles. The van der Waals surface area contributed by atoms with E-state index >= 15 is 0 Å². The van der Waals surface area contributed by atoms with Crippen LogP contribution < -0.4 is 0 Å². The fourth-order valence-corrected chi connectivity index (χ4v) is 0.807. The molecule has 11 heavy (non-hydrogen) atoms. The van der Waals surface area contributed by atoms with Crippen molar-refractivity contribution in [2.24, 2.45) is 0 Å². The van der Waals surface area contributed by atoms with Crippen molar-refractivity contribution in [3.8, 4) is 5.75 Å². The number of phenolic OH excluding ortho intramolecular Hbond substituents is 1. The quantitative estimate of drug-likeness (QED) is 0.651. The summed E-state index contributed by atoms with van der Waals surface area (Å²) in [7, 11) is 0. The van der Waals surface area contributed by atoms with E-state index in [1.807, 2.05) is 0 Å². The minimum Gasteiger partial charge on any atom is -0.508 e. The highest BCUT2D eigenvalue weighted by atomic mass is 19.1. The van der Waals surface area contributed by atoms with Gasteiger partial charge in [-0.1, -0.05) is 0 Å². The van der Waals surface area contributed by atoms with Crippen LogP contribution in [0.4, 0.5) is 4.39 Å². The standard InChI is InChI=1S/C8H7FO2/c9-8-2-1-7(11)5-6(8)3-4-10/h1-2,4-5,11H,3H2. The molecule has 0 aliphatic heterocycles. The lowest BCUT2D eigenvalue weighted by atomic mass is 10.1. The summed E-state index contributed by atoms with van der Waals surface area (Å²) in [6.07, 6.45) is 0.595. The highest BCUT2D eigenvalue weighted by Crippen LogP contribution is 2.14. The third-order valence-corrected chi connectivity index (χ3v) is 1.33. The van der Waals surface area contributed by atoms with Crippen LogP contribution in [0.2, 0.25) is 0 Å². The minimum absolute atomic E-state index is 0.000231. The maximum atomic E-state index is 12.7. The minimum atomic E-state index is -0.463. The van der Waals surface area contributed by atoms with Crippen LogP contribution in [0, 0.1) is 5.82 Å². The van der Waals surface area contributed by atoms with Crippen LogP contribution in [0.3, 0.4) is 0 Å². The number of carbonyl (C=O) groups excluding carboxylic acids is 1. The monoisotopic (exact) mass is 154 g/mol. The van der Waals surface area contributed by atoms with Gasteiger partial charge in [0.1, 0.15) is 17.9 Å². The van der Waals surface area contributed by atoms with Crippen LogP contribution in [-0.4, -0.2) is 11.4 Å². The molecule has 0 aromatic heterocycles. The van der Waals surface area contributed by atoms with Gasteiger partial charge in [0, 0.05) is 6.42 Å². The van der Waals surface area contributed by atoms with E-state index in [4.69, 9.17) is 5.11 Å². The van der Waals surface area contributed by atoms with Gasteiger partial charge >= 0.3 is 0 Å². The van der Waals surface area contributed by atoms with E-state index < -0.39 is 5.82 Å². The number of aldehydes is 1. The smallest absolute Gasteiger partial charge is 0.127 e. The zero-order chi connectivity index (χ0) is 8.27. The summed E-state index contributed by atoms with van der Waals surface area (Å²) in [6, 6.07) is 3.61. The van der Waals surface area contributed by atoms with Crippen LogP contribution in [0.15, 0.2) is 18.2 Å². The van der Waals surface area contributed by atoms with Gasteiger partial charge in [0.2, 0.25) is 0 Å². The molecule has 0 saturated carbocycles. The topological polar surface area (TPSA) is 37.3 Å². The Morgan fingerprint density at radius 1 is 1.55 bits per heavy atom. The van der Waals surface area contributed by atoms with Crippen molar-refractivity contribution in [2.75, 3.05) is 0 Å². The maximum absolute atomic E-state index is 12.7. The molecule has 0 unspecified atom stereocenters. The van der Waals surface area contributed by atoms with Crippen molar-refractivity contribution in [1.29, 1.82) is 0 Å². The highest BCUT2D eigenvalue weighted by molar-refractivity contribution is 5.55. The van der Waals surface area contributed by atoms with Crippen LogP contribution in [-0.2, 0) is 11.2 Å². The van der Waals surface area contributed by atoms with Crippen LogP contribution in [0.1, 0.15) is 5.56 Å². The lowest BCUT2D eigenvalue weighted by Gasteiger charge is -1.97. The zero-order valence-electron chi connectivity index (χ0n) is 5.75. The number of rotatable bonds is 2. The Balaban J connectivity index is 3.01. The van der Waals surface area contributed by atoms with Gasteiger partial charge in [-0.05, 0) is 23.8 Å². The van der Waals surface area contributed by atoms with Crippen molar-refractivity contribution in [3.05, 3.63) is 29.6 Å². The first-order chi connectivity index (χ1) is 5.24. The summed E-state index contributed by atoms with van der Waals surface area (Å²) in [5, 5.41) is 8.88. The third-order valence-electron chi connectivity index (χ3n) is 1.33. The SMILES string of the molecule is O=CCc1cc(O)ccc1F. The molecule has 1 rings (SSSR count). The summed E-state index contributed by atoms with van der Waals surface area (Å²) >= 11 is 0. The summed E-state index contributed by atoms with van der Waals surface area (Å²) in [5.74, 6) is -0.488. The van der Waals surface area contributed by atoms with Gasteiger partial charge in [0.25, 0.3) is 0 Å². The Bertz CT molecular complexity index is 271. The first-order valence-corrected chi connectivity index (χ1v) is 3.15. The predicted molar refractivity (Wildman–Crippen MR) is 37.8 cm³/mol. The molecule has 0 bridgehead atoms. The average Bonchev–Trinajstić information content (AvgIpc) is 1.98. The van der Waals surface area contributed by atoms with E-state index in [1.165, 1.54) is 12.1 Å². The molecule has 1 N–H and O–H groups in total. The number of benzene rings is 1. The molecule has 0 spiro atoms. The Morgan fingerprint density at radius 2 is 2.27 bits per heavy atom. The number of carbonyl (C=O) groups is 1. The fourth-order valence-electron chi connectivity index (χ4n) is 0.807. The Kier molecular flexibility index (Phi) is 2.21. The number of aromatic hydroxyl groups is 1. The maximum Gasteiger partial charge on any atom is 0.127 e. The molecule has 0 radical (unpaired) electrons. The molecular weight excluding hydrogens is 147 g/mol. The van der Waals surface area contributed by atoms with Crippen LogP contribution in [0.5, 0.6) is 5.75 Å². The molecule has 2 nitrogen and oxygen atoms in total. The van der Waals surface area contributed by atoms with Gasteiger partial charge < -0.3 is 9.90 Å². The molecule has 0 amide bonds. The second-order valence-corrected chi connectivity index (χ2v) is 2.15. The summed E-state index contributed by atoms with van der Waals surface area (Å²) in [5.41, 5.74) is 0.222. The normalized spacial score (nSPS) is 9.55. The molecule has 0 aliphatic rings.